The number of hydrogen-bond acceptors (Lipinski definition) is 3. The lowest BCUT2D eigenvalue weighted by molar-refractivity contribution is -0.129. The second-order valence-electron chi connectivity index (χ2n) is 6.99. The molecule has 1 unspecified atom stereocenters. The molecule has 0 saturated heterocycles. The van der Waals surface area contributed by atoms with Gasteiger partial charge in [0.05, 0.1) is 6.33 Å². The standard InChI is InChI=1S/C20H26N4O2/c1-15(25)23-19(18-4-2-3-5-18)20(26)22-12-16-6-8-17(9-7-16)13-24-11-10-21-14-24/h6-11,14,18-19H,2-5,12-13H2,1H3,(H,22,26)(H,23,25). The largest absolute Gasteiger partial charge is 0.350 e. The highest BCUT2D eigenvalue weighted by Crippen LogP contribution is 2.28. The summed E-state index contributed by atoms with van der Waals surface area (Å²) in [5.74, 6) is 0.00644. The summed E-state index contributed by atoms with van der Waals surface area (Å²) >= 11 is 0. The molecule has 1 heterocycles. The Morgan fingerprint density at radius 1 is 1.19 bits per heavy atom. The van der Waals surface area contributed by atoms with Crippen LogP contribution in [0.3, 0.4) is 0 Å². The molecular formula is C20H26N4O2. The van der Waals surface area contributed by atoms with Crippen LogP contribution in [0.4, 0.5) is 0 Å². The molecule has 1 aromatic carbocycles. The van der Waals surface area contributed by atoms with Crippen molar-refractivity contribution in [1.29, 1.82) is 0 Å². The Bertz CT molecular complexity index is 719. The fourth-order valence-corrected chi connectivity index (χ4v) is 3.56. The second kappa shape index (κ2) is 8.65. The van der Waals surface area contributed by atoms with Gasteiger partial charge in [-0.2, -0.15) is 0 Å². The number of carbonyl (C=O) groups excluding carboxylic acids is 2. The molecule has 1 saturated carbocycles. The summed E-state index contributed by atoms with van der Waals surface area (Å²) in [7, 11) is 0. The Balaban J connectivity index is 1.54. The number of nitrogens with zero attached hydrogens (tertiary/aromatic N) is 2. The zero-order valence-corrected chi connectivity index (χ0v) is 15.1. The lowest BCUT2D eigenvalue weighted by atomic mass is 9.97. The van der Waals surface area contributed by atoms with Gasteiger partial charge >= 0.3 is 0 Å². The van der Waals surface area contributed by atoms with Crippen LogP contribution in [0.15, 0.2) is 43.0 Å². The van der Waals surface area contributed by atoms with Crippen molar-refractivity contribution in [2.45, 2.75) is 51.7 Å². The van der Waals surface area contributed by atoms with Crippen LogP contribution in [-0.4, -0.2) is 27.4 Å². The van der Waals surface area contributed by atoms with Gasteiger partial charge < -0.3 is 15.2 Å². The maximum absolute atomic E-state index is 12.6. The molecule has 1 aliphatic rings. The Morgan fingerprint density at radius 3 is 2.50 bits per heavy atom. The van der Waals surface area contributed by atoms with Crippen molar-refractivity contribution in [3.8, 4) is 0 Å². The number of aromatic nitrogens is 2. The van der Waals surface area contributed by atoms with Crippen LogP contribution in [0, 0.1) is 5.92 Å². The van der Waals surface area contributed by atoms with Gasteiger partial charge in [0.15, 0.2) is 0 Å². The number of rotatable bonds is 7. The summed E-state index contributed by atoms with van der Waals surface area (Å²) in [6.45, 7) is 2.71. The van der Waals surface area contributed by atoms with E-state index in [0.717, 1.165) is 37.8 Å². The van der Waals surface area contributed by atoms with Crippen LogP contribution in [0.5, 0.6) is 0 Å². The number of amides is 2. The van der Waals surface area contributed by atoms with Crippen molar-refractivity contribution in [2.75, 3.05) is 0 Å². The normalized spacial score (nSPS) is 15.6. The summed E-state index contributed by atoms with van der Waals surface area (Å²) < 4.78 is 2.01. The molecule has 1 atom stereocenters. The summed E-state index contributed by atoms with van der Waals surface area (Å²) in [5, 5.41) is 5.81. The molecule has 0 bridgehead atoms. The van der Waals surface area contributed by atoms with Crippen LogP contribution in [0.25, 0.3) is 0 Å². The molecule has 26 heavy (non-hydrogen) atoms. The molecule has 6 heteroatoms. The van der Waals surface area contributed by atoms with Gasteiger partial charge in [0, 0.05) is 32.4 Å². The van der Waals surface area contributed by atoms with Crippen LogP contribution in [0.1, 0.15) is 43.7 Å². The van der Waals surface area contributed by atoms with E-state index in [1.54, 1.807) is 12.5 Å². The van der Waals surface area contributed by atoms with Gasteiger partial charge in [-0.3, -0.25) is 9.59 Å². The van der Waals surface area contributed by atoms with E-state index in [4.69, 9.17) is 0 Å². The summed E-state index contributed by atoms with van der Waals surface area (Å²) in [6.07, 6.45) is 9.75. The Kier molecular flexibility index (Phi) is 6.04. The van der Waals surface area contributed by atoms with Crippen LogP contribution < -0.4 is 10.6 Å². The maximum Gasteiger partial charge on any atom is 0.243 e. The maximum atomic E-state index is 12.6. The zero-order valence-electron chi connectivity index (χ0n) is 15.1. The molecule has 3 rings (SSSR count). The predicted molar refractivity (Wildman–Crippen MR) is 99.2 cm³/mol. The molecule has 0 aliphatic heterocycles. The summed E-state index contributed by atoms with van der Waals surface area (Å²) in [5.41, 5.74) is 2.22. The van der Waals surface area contributed by atoms with E-state index in [1.807, 2.05) is 22.9 Å². The Morgan fingerprint density at radius 2 is 1.88 bits per heavy atom. The first kappa shape index (κ1) is 18.2. The van der Waals surface area contributed by atoms with E-state index in [-0.39, 0.29) is 17.7 Å². The fraction of sp³-hybridized carbons (Fsp3) is 0.450. The molecule has 2 amide bonds. The molecule has 6 nitrogen and oxygen atoms in total. The molecule has 0 radical (unpaired) electrons. The third-order valence-corrected chi connectivity index (χ3v) is 4.93. The average molecular weight is 354 g/mol. The summed E-state index contributed by atoms with van der Waals surface area (Å²) in [4.78, 5) is 28.1. The van der Waals surface area contributed by atoms with E-state index in [9.17, 15) is 9.59 Å². The number of benzene rings is 1. The average Bonchev–Trinajstić information content (AvgIpc) is 3.32. The first-order valence-electron chi connectivity index (χ1n) is 9.20. The zero-order chi connectivity index (χ0) is 18.4. The predicted octanol–water partition coefficient (Wildman–Crippen LogP) is 2.24. The highest BCUT2D eigenvalue weighted by molar-refractivity contribution is 5.87. The van der Waals surface area contributed by atoms with Gasteiger partial charge in [-0.25, -0.2) is 4.98 Å². The van der Waals surface area contributed by atoms with Gasteiger partial charge in [-0.05, 0) is 29.9 Å². The van der Waals surface area contributed by atoms with Crippen molar-refractivity contribution < 1.29 is 9.59 Å². The van der Waals surface area contributed by atoms with Crippen molar-refractivity contribution >= 4 is 11.8 Å². The first-order valence-corrected chi connectivity index (χ1v) is 9.20. The third-order valence-electron chi connectivity index (χ3n) is 4.93. The van der Waals surface area contributed by atoms with Crippen LogP contribution >= 0.6 is 0 Å². The van der Waals surface area contributed by atoms with Gasteiger partial charge in [0.1, 0.15) is 6.04 Å². The second-order valence-corrected chi connectivity index (χ2v) is 6.99. The lowest BCUT2D eigenvalue weighted by Crippen LogP contribution is -2.49. The minimum absolute atomic E-state index is 0.0883. The van der Waals surface area contributed by atoms with E-state index in [1.165, 1.54) is 12.5 Å². The quantitative estimate of drug-likeness (QED) is 0.801. The van der Waals surface area contributed by atoms with Crippen LogP contribution in [-0.2, 0) is 22.7 Å². The number of nitrogens with one attached hydrogen (secondary N) is 2. The molecular weight excluding hydrogens is 328 g/mol. The fourth-order valence-electron chi connectivity index (χ4n) is 3.56. The highest BCUT2D eigenvalue weighted by atomic mass is 16.2. The minimum atomic E-state index is -0.421. The molecule has 2 aromatic rings. The van der Waals surface area contributed by atoms with E-state index in [0.29, 0.717) is 6.54 Å². The lowest BCUT2D eigenvalue weighted by Gasteiger charge is -2.23. The monoisotopic (exact) mass is 354 g/mol. The Hall–Kier alpha value is -2.63. The molecule has 138 valence electrons. The van der Waals surface area contributed by atoms with Crippen LogP contribution in [0.2, 0.25) is 0 Å². The number of imidazole rings is 1. The molecule has 1 fully saturated rings. The first-order chi connectivity index (χ1) is 12.6. The van der Waals surface area contributed by atoms with Gasteiger partial charge in [0.2, 0.25) is 11.8 Å². The van der Waals surface area contributed by atoms with Crippen molar-refractivity contribution in [1.82, 2.24) is 20.2 Å². The number of carbonyl (C=O) groups is 2. The highest BCUT2D eigenvalue weighted by Gasteiger charge is 2.31. The summed E-state index contributed by atoms with van der Waals surface area (Å²) in [6, 6.07) is 7.74. The Labute approximate surface area is 154 Å². The topological polar surface area (TPSA) is 76.0 Å². The van der Waals surface area contributed by atoms with Crippen molar-refractivity contribution in [2.24, 2.45) is 5.92 Å². The molecule has 1 aliphatic carbocycles. The van der Waals surface area contributed by atoms with E-state index >= 15 is 0 Å². The van der Waals surface area contributed by atoms with Gasteiger partial charge in [-0.15, -0.1) is 0 Å². The minimum Gasteiger partial charge on any atom is -0.350 e. The van der Waals surface area contributed by atoms with Gasteiger partial charge in [-0.1, -0.05) is 37.1 Å². The van der Waals surface area contributed by atoms with E-state index in [2.05, 4.69) is 27.8 Å². The smallest absolute Gasteiger partial charge is 0.243 e. The van der Waals surface area contributed by atoms with Crippen molar-refractivity contribution in [3.05, 3.63) is 54.1 Å². The molecule has 1 aromatic heterocycles. The van der Waals surface area contributed by atoms with E-state index < -0.39 is 6.04 Å². The molecule has 2 N–H and O–H groups in total. The number of hydrogen-bond donors (Lipinski definition) is 2. The molecule has 0 spiro atoms. The SMILES string of the molecule is CC(=O)NC(C(=O)NCc1ccc(Cn2ccnc2)cc1)C1CCCC1. The van der Waals surface area contributed by atoms with Crippen molar-refractivity contribution in [3.63, 3.8) is 0 Å². The van der Waals surface area contributed by atoms with Gasteiger partial charge in [0.25, 0.3) is 0 Å². The third kappa shape index (κ3) is 4.94.